The van der Waals surface area contributed by atoms with E-state index in [1.54, 1.807) is 12.1 Å². The van der Waals surface area contributed by atoms with E-state index in [1.165, 1.54) is 16.1 Å². The predicted octanol–water partition coefficient (Wildman–Crippen LogP) is 4.28. The highest BCUT2D eigenvalue weighted by Gasteiger charge is 2.52. The van der Waals surface area contributed by atoms with Crippen molar-refractivity contribution in [2.75, 3.05) is 6.54 Å². The van der Waals surface area contributed by atoms with E-state index in [0.717, 1.165) is 17.5 Å². The van der Waals surface area contributed by atoms with Gasteiger partial charge in [0, 0.05) is 12.1 Å². The maximum Gasteiger partial charge on any atom is 0.275 e. The zero-order valence-electron chi connectivity index (χ0n) is 16.3. The highest BCUT2D eigenvalue weighted by atomic mass is 16.2. The molecule has 2 aliphatic rings. The molecule has 0 unspecified atom stereocenters. The van der Waals surface area contributed by atoms with Crippen LogP contribution < -0.4 is 0 Å². The quantitative estimate of drug-likeness (QED) is 0.622. The molecule has 144 valence electrons. The van der Waals surface area contributed by atoms with Crippen molar-refractivity contribution in [1.29, 1.82) is 0 Å². The molecule has 3 aromatic rings. The Labute approximate surface area is 170 Å². The van der Waals surface area contributed by atoms with Gasteiger partial charge < -0.3 is 0 Å². The molecule has 1 fully saturated rings. The summed E-state index contributed by atoms with van der Waals surface area (Å²) in [5, 5.41) is 3.38. The Kier molecular flexibility index (Phi) is 4.29. The molecule has 2 atom stereocenters. The van der Waals surface area contributed by atoms with E-state index in [2.05, 4.69) is 19.1 Å². The number of aryl methyl sites for hydroxylation is 1. The molecule has 1 saturated heterocycles. The number of amides is 2. The minimum absolute atomic E-state index is 0.149. The van der Waals surface area contributed by atoms with Gasteiger partial charge in [0.25, 0.3) is 11.8 Å². The van der Waals surface area contributed by atoms with Crippen molar-refractivity contribution in [3.63, 3.8) is 0 Å². The van der Waals surface area contributed by atoms with E-state index in [1.807, 2.05) is 59.6 Å². The Morgan fingerprint density at radius 1 is 0.897 bits per heavy atom. The Morgan fingerprint density at radius 3 is 2.31 bits per heavy atom. The van der Waals surface area contributed by atoms with Crippen molar-refractivity contribution in [2.24, 2.45) is 0 Å². The summed E-state index contributed by atoms with van der Waals surface area (Å²) < 4.78 is 0. The molecule has 4 nitrogen and oxygen atoms in total. The molecule has 0 N–H and O–H groups in total. The first kappa shape index (κ1) is 17.8. The zero-order chi connectivity index (χ0) is 20.0. The van der Waals surface area contributed by atoms with Gasteiger partial charge in [0.05, 0.1) is 12.0 Å². The summed E-state index contributed by atoms with van der Waals surface area (Å²) in [6, 6.07) is 25.0. The van der Waals surface area contributed by atoms with Crippen LogP contribution in [0.15, 0.2) is 78.9 Å². The molecule has 29 heavy (non-hydrogen) atoms. The van der Waals surface area contributed by atoms with E-state index in [0.29, 0.717) is 12.1 Å². The minimum atomic E-state index is -0.398. The predicted molar refractivity (Wildman–Crippen MR) is 111 cm³/mol. The summed E-state index contributed by atoms with van der Waals surface area (Å²) in [6.45, 7) is 2.77. The average Bonchev–Trinajstić information content (AvgIpc) is 3.07. The van der Waals surface area contributed by atoms with Crippen LogP contribution in [0.5, 0.6) is 0 Å². The van der Waals surface area contributed by atoms with Gasteiger partial charge >= 0.3 is 0 Å². The van der Waals surface area contributed by atoms with E-state index in [9.17, 15) is 9.59 Å². The molecular weight excluding hydrogens is 360 g/mol. The number of carbonyl (C=O) groups excluding carboxylic acids is 2. The zero-order valence-corrected chi connectivity index (χ0v) is 16.3. The largest absolute Gasteiger partial charge is 0.275 e. The summed E-state index contributed by atoms with van der Waals surface area (Å²) in [4.78, 5) is 27.0. The molecule has 3 aromatic carbocycles. The molecule has 0 bridgehead atoms. The molecular formula is C25H22N2O2. The third-order valence-electron chi connectivity index (χ3n) is 6.10. The molecule has 2 amide bonds. The van der Waals surface area contributed by atoms with Crippen LogP contribution in [0.3, 0.4) is 0 Å². The van der Waals surface area contributed by atoms with Crippen LogP contribution in [0.4, 0.5) is 0 Å². The van der Waals surface area contributed by atoms with Crippen LogP contribution in [0.1, 0.15) is 44.6 Å². The van der Waals surface area contributed by atoms with Gasteiger partial charge in [-0.05, 0) is 47.7 Å². The van der Waals surface area contributed by atoms with Crippen molar-refractivity contribution in [3.8, 4) is 0 Å². The Bertz CT molecular complexity index is 1080. The number of imide groups is 1. The standard InChI is InChI=1S/C25H22N2O2/c1-17-9-8-14-21-20(17)15-16-26-23(21)22(18-10-4-2-5-11-18)25(29)27(26)24(28)19-12-6-3-7-13-19/h2-14,22-23H,15-16H2,1H3/t22-,23-/m0/s1. The lowest BCUT2D eigenvalue weighted by Gasteiger charge is -2.36. The third-order valence-corrected chi connectivity index (χ3v) is 6.10. The van der Waals surface area contributed by atoms with Gasteiger partial charge in [-0.25, -0.2) is 10.0 Å². The molecule has 0 saturated carbocycles. The molecule has 4 heteroatoms. The second-order valence-corrected chi connectivity index (χ2v) is 7.71. The number of benzene rings is 3. The highest BCUT2D eigenvalue weighted by molar-refractivity contribution is 6.07. The van der Waals surface area contributed by atoms with Gasteiger partial charge in [-0.3, -0.25) is 9.59 Å². The van der Waals surface area contributed by atoms with Crippen LogP contribution in [-0.2, 0) is 11.2 Å². The maximum absolute atomic E-state index is 13.6. The number of rotatable bonds is 2. The number of hydrogen-bond donors (Lipinski definition) is 0. The number of fused-ring (bicyclic) bond motifs is 3. The van der Waals surface area contributed by atoms with E-state index in [-0.39, 0.29) is 17.9 Å². The smallest absolute Gasteiger partial charge is 0.272 e. The lowest BCUT2D eigenvalue weighted by Crippen LogP contribution is -2.46. The van der Waals surface area contributed by atoms with Crippen LogP contribution in [0.2, 0.25) is 0 Å². The van der Waals surface area contributed by atoms with Gasteiger partial charge in [-0.1, -0.05) is 66.7 Å². The molecule has 0 aliphatic carbocycles. The van der Waals surface area contributed by atoms with Gasteiger partial charge in [0.15, 0.2) is 0 Å². The second kappa shape index (κ2) is 6.98. The number of hydrogen-bond acceptors (Lipinski definition) is 3. The van der Waals surface area contributed by atoms with Crippen LogP contribution in [-0.4, -0.2) is 28.4 Å². The number of nitrogens with zero attached hydrogens (tertiary/aromatic N) is 2. The summed E-state index contributed by atoms with van der Waals surface area (Å²) in [7, 11) is 0. The Hall–Kier alpha value is -3.24. The topological polar surface area (TPSA) is 40.6 Å². The van der Waals surface area contributed by atoms with Crippen molar-refractivity contribution in [1.82, 2.24) is 10.0 Å². The first-order chi connectivity index (χ1) is 14.2. The first-order valence-electron chi connectivity index (χ1n) is 10.00. The fraction of sp³-hybridized carbons (Fsp3) is 0.200. The molecule has 2 heterocycles. The van der Waals surface area contributed by atoms with E-state index in [4.69, 9.17) is 0 Å². The van der Waals surface area contributed by atoms with E-state index < -0.39 is 5.92 Å². The second-order valence-electron chi connectivity index (χ2n) is 7.71. The minimum Gasteiger partial charge on any atom is -0.272 e. The molecule has 2 aliphatic heterocycles. The normalized spacial score (nSPS) is 21.0. The summed E-state index contributed by atoms with van der Waals surface area (Å²) >= 11 is 0. The summed E-state index contributed by atoms with van der Waals surface area (Å²) in [5.74, 6) is -0.802. The molecule has 5 rings (SSSR count). The van der Waals surface area contributed by atoms with E-state index >= 15 is 0 Å². The molecule has 0 radical (unpaired) electrons. The van der Waals surface area contributed by atoms with Crippen molar-refractivity contribution in [3.05, 3.63) is 107 Å². The van der Waals surface area contributed by atoms with Crippen LogP contribution >= 0.6 is 0 Å². The van der Waals surface area contributed by atoms with Crippen LogP contribution in [0.25, 0.3) is 0 Å². The fourth-order valence-electron chi connectivity index (χ4n) is 4.74. The lowest BCUT2D eigenvalue weighted by molar-refractivity contribution is -0.134. The number of hydrazine groups is 1. The van der Waals surface area contributed by atoms with Crippen molar-refractivity contribution in [2.45, 2.75) is 25.3 Å². The SMILES string of the molecule is Cc1cccc2c1CCN1[C@@H]2[C@H](c2ccccc2)C(=O)N1C(=O)c1ccccc1. The third kappa shape index (κ3) is 2.79. The van der Waals surface area contributed by atoms with Gasteiger partial charge in [-0.15, -0.1) is 0 Å². The Morgan fingerprint density at radius 2 is 1.59 bits per heavy atom. The van der Waals surface area contributed by atoms with Gasteiger partial charge in [0.2, 0.25) is 0 Å². The Balaban J connectivity index is 1.65. The van der Waals surface area contributed by atoms with Crippen molar-refractivity contribution >= 4 is 11.8 Å². The first-order valence-corrected chi connectivity index (χ1v) is 10.00. The maximum atomic E-state index is 13.6. The number of carbonyl (C=O) groups is 2. The van der Waals surface area contributed by atoms with Gasteiger partial charge in [0.1, 0.15) is 0 Å². The molecule has 0 aromatic heterocycles. The average molecular weight is 382 g/mol. The summed E-state index contributed by atoms with van der Waals surface area (Å²) in [6.07, 6.45) is 0.825. The highest BCUT2D eigenvalue weighted by Crippen LogP contribution is 2.48. The monoisotopic (exact) mass is 382 g/mol. The van der Waals surface area contributed by atoms with Crippen LogP contribution in [0, 0.1) is 6.92 Å². The van der Waals surface area contributed by atoms with Gasteiger partial charge in [-0.2, -0.15) is 0 Å². The lowest BCUT2D eigenvalue weighted by atomic mass is 9.82. The summed E-state index contributed by atoms with van der Waals surface area (Å²) in [5.41, 5.74) is 5.18. The molecule has 0 spiro atoms. The fourth-order valence-corrected chi connectivity index (χ4v) is 4.74. The van der Waals surface area contributed by atoms with Crippen molar-refractivity contribution < 1.29 is 9.59 Å².